The van der Waals surface area contributed by atoms with Gasteiger partial charge in [0.05, 0.1) is 35.5 Å². The van der Waals surface area contributed by atoms with Crippen LogP contribution < -0.4 is 10.1 Å². The number of furan rings is 1. The number of benzene rings is 2. The number of hydrogen-bond donors (Lipinski definition) is 3. The molecule has 5 aromatic rings. The topological polar surface area (TPSA) is 113 Å². The standard InChI is InChI=1S/C30H29IN4O4/c1-29(2,3)30(33-28(36)37,15-19-7-5-4-6-8-19)18-39-22-14-23(26(32-16-22)21-11-12-38-17-21)20-9-10-25-24(13-20)27(31)35-34-25/h4-14,16-17,33H,15,18H2,1-3H3,(H,34,35)(H,36,37)/t30-/m1/s1. The fraction of sp³-hybridized carbons (Fsp3) is 0.233. The molecule has 0 aliphatic carbocycles. The van der Waals surface area contributed by atoms with Crippen molar-refractivity contribution in [3.8, 4) is 28.1 Å². The van der Waals surface area contributed by atoms with Crippen molar-refractivity contribution < 1.29 is 19.1 Å². The van der Waals surface area contributed by atoms with E-state index in [1.165, 1.54) is 0 Å². The van der Waals surface area contributed by atoms with Gasteiger partial charge in [-0.15, -0.1) is 0 Å². The number of aromatic nitrogens is 3. The molecule has 2 aromatic carbocycles. The third kappa shape index (κ3) is 5.63. The van der Waals surface area contributed by atoms with Crippen LogP contribution in [0.25, 0.3) is 33.3 Å². The van der Waals surface area contributed by atoms with Gasteiger partial charge >= 0.3 is 6.09 Å². The second kappa shape index (κ2) is 10.7. The van der Waals surface area contributed by atoms with Gasteiger partial charge in [0.1, 0.15) is 16.1 Å². The number of nitrogens with zero attached hydrogens (tertiary/aromatic N) is 2. The first-order valence-electron chi connectivity index (χ1n) is 12.5. The fourth-order valence-electron chi connectivity index (χ4n) is 4.68. The van der Waals surface area contributed by atoms with Gasteiger partial charge in [0, 0.05) is 16.5 Å². The van der Waals surface area contributed by atoms with E-state index >= 15 is 0 Å². The summed E-state index contributed by atoms with van der Waals surface area (Å²) in [4.78, 5) is 16.7. The summed E-state index contributed by atoms with van der Waals surface area (Å²) >= 11 is 2.23. The number of ether oxygens (including phenoxy) is 1. The first-order valence-corrected chi connectivity index (χ1v) is 13.6. The van der Waals surface area contributed by atoms with Gasteiger partial charge in [-0.05, 0) is 69.8 Å². The van der Waals surface area contributed by atoms with Crippen molar-refractivity contribution >= 4 is 39.6 Å². The molecule has 0 aliphatic heterocycles. The summed E-state index contributed by atoms with van der Waals surface area (Å²) in [6.45, 7) is 6.16. The first-order chi connectivity index (χ1) is 18.6. The number of amides is 1. The molecule has 0 saturated carbocycles. The lowest BCUT2D eigenvalue weighted by Gasteiger charge is -2.44. The molecule has 3 heterocycles. The Morgan fingerprint density at radius 3 is 2.59 bits per heavy atom. The normalized spacial score (nSPS) is 13.2. The van der Waals surface area contributed by atoms with Crippen LogP contribution >= 0.6 is 22.6 Å². The highest BCUT2D eigenvalue weighted by molar-refractivity contribution is 14.1. The Morgan fingerprint density at radius 1 is 1.10 bits per heavy atom. The molecular formula is C30H29IN4O4. The molecule has 200 valence electrons. The number of nitrogens with one attached hydrogen (secondary N) is 2. The van der Waals surface area contributed by atoms with Crippen LogP contribution in [0.15, 0.2) is 83.8 Å². The number of H-pyrrole nitrogens is 1. The lowest BCUT2D eigenvalue weighted by Crippen LogP contribution is -2.62. The Kier molecular flexibility index (Phi) is 7.35. The molecule has 0 unspecified atom stereocenters. The average Bonchev–Trinajstić information content (AvgIpc) is 3.57. The average molecular weight is 636 g/mol. The van der Waals surface area contributed by atoms with E-state index in [0.717, 1.165) is 42.6 Å². The van der Waals surface area contributed by atoms with Gasteiger partial charge in [-0.3, -0.25) is 10.1 Å². The largest absolute Gasteiger partial charge is 0.489 e. The number of fused-ring (bicyclic) bond motifs is 1. The molecule has 0 spiro atoms. The molecule has 0 radical (unpaired) electrons. The Labute approximate surface area is 239 Å². The summed E-state index contributed by atoms with van der Waals surface area (Å²) in [7, 11) is 0. The molecule has 0 aliphatic rings. The second-order valence-electron chi connectivity index (χ2n) is 10.6. The maximum absolute atomic E-state index is 12.0. The second-order valence-corrected chi connectivity index (χ2v) is 11.6. The summed E-state index contributed by atoms with van der Waals surface area (Å²) < 4.78 is 12.7. The third-order valence-corrected chi connectivity index (χ3v) is 7.91. The van der Waals surface area contributed by atoms with Crippen molar-refractivity contribution in [2.75, 3.05) is 6.61 Å². The van der Waals surface area contributed by atoms with Gasteiger partial charge in [0.15, 0.2) is 0 Å². The van der Waals surface area contributed by atoms with Crippen LogP contribution in [0.5, 0.6) is 5.75 Å². The first kappa shape index (κ1) is 26.7. The summed E-state index contributed by atoms with van der Waals surface area (Å²) in [6, 6.07) is 19.7. The van der Waals surface area contributed by atoms with E-state index in [1.807, 2.05) is 75.4 Å². The highest BCUT2D eigenvalue weighted by Gasteiger charge is 2.44. The van der Waals surface area contributed by atoms with E-state index in [2.05, 4.69) is 44.2 Å². The van der Waals surface area contributed by atoms with Crippen molar-refractivity contribution in [1.82, 2.24) is 20.5 Å². The Balaban J connectivity index is 1.54. The minimum Gasteiger partial charge on any atom is -0.489 e. The highest BCUT2D eigenvalue weighted by atomic mass is 127. The molecular weight excluding hydrogens is 607 g/mol. The van der Waals surface area contributed by atoms with Crippen molar-refractivity contribution in [2.24, 2.45) is 5.41 Å². The lowest BCUT2D eigenvalue weighted by atomic mass is 9.70. The van der Waals surface area contributed by atoms with Gasteiger partial charge in [0.2, 0.25) is 0 Å². The Bertz CT molecular complexity index is 1590. The van der Waals surface area contributed by atoms with E-state index in [0.29, 0.717) is 12.2 Å². The van der Waals surface area contributed by atoms with Gasteiger partial charge < -0.3 is 19.6 Å². The minimum absolute atomic E-state index is 0.114. The third-order valence-electron chi connectivity index (χ3n) is 7.09. The van der Waals surface area contributed by atoms with E-state index in [1.54, 1.807) is 18.7 Å². The smallest absolute Gasteiger partial charge is 0.405 e. The van der Waals surface area contributed by atoms with Crippen LogP contribution in [0.2, 0.25) is 0 Å². The Hall–Kier alpha value is -3.86. The Morgan fingerprint density at radius 2 is 1.90 bits per heavy atom. The van der Waals surface area contributed by atoms with E-state index in [9.17, 15) is 9.90 Å². The van der Waals surface area contributed by atoms with Crippen LogP contribution in [0.3, 0.4) is 0 Å². The maximum atomic E-state index is 12.0. The number of hydrogen-bond acceptors (Lipinski definition) is 5. The van der Waals surface area contributed by atoms with Gasteiger partial charge in [-0.2, -0.15) is 5.10 Å². The molecule has 3 N–H and O–H groups in total. The van der Waals surface area contributed by atoms with E-state index < -0.39 is 17.0 Å². The molecule has 9 heteroatoms. The van der Waals surface area contributed by atoms with Crippen molar-refractivity contribution in [1.29, 1.82) is 0 Å². The summed E-state index contributed by atoms with van der Waals surface area (Å²) in [6.07, 6.45) is 4.32. The molecule has 0 saturated heterocycles. The summed E-state index contributed by atoms with van der Waals surface area (Å²) in [5.74, 6) is 0.535. The van der Waals surface area contributed by atoms with Gasteiger partial charge in [-0.1, -0.05) is 57.2 Å². The minimum atomic E-state index is -1.10. The number of carbonyl (C=O) groups is 1. The number of rotatable bonds is 8. The zero-order valence-corrected chi connectivity index (χ0v) is 24.0. The summed E-state index contributed by atoms with van der Waals surface area (Å²) in [5.41, 5.74) is 3.94. The van der Waals surface area contributed by atoms with Crippen LogP contribution in [0, 0.1) is 9.12 Å². The number of halogens is 1. The monoisotopic (exact) mass is 636 g/mol. The zero-order valence-electron chi connectivity index (χ0n) is 21.9. The molecule has 0 fully saturated rings. The van der Waals surface area contributed by atoms with Crippen LogP contribution in [-0.2, 0) is 6.42 Å². The van der Waals surface area contributed by atoms with Crippen LogP contribution in [0.1, 0.15) is 26.3 Å². The molecule has 1 amide bonds. The quantitative estimate of drug-likeness (QED) is 0.156. The SMILES string of the molecule is CC(C)(C)[C@](COc1cnc(-c2ccoc2)c(-c2ccc3n[nH]c(I)c3c2)c1)(Cc1ccccc1)NC(=O)O. The van der Waals surface area contributed by atoms with Gasteiger partial charge in [-0.25, -0.2) is 4.79 Å². The van der Waals surface area contributed by atoms with Gasteiger partial charge in [0.25, 0.3) is 0 Å². The predicted octanol–water partition coefficient (Wildman–Crippen LogP) is 7.16. The zero-order chi connectivity index (χ0) is 27.6. The van der Waals surface area contributed by atoms with Crippen molar-refractivity contribution in [2.45, 2.75) is 32.7 Å². The number of pyridine rings is 1. The maximum Gasteiger partial charge on any atom is 0.405 e. The lowest BCUT2D eigenvalue weighted by molar-refractivity contribution is 0.0686. The molecule has 3 aromatic heterocycles. The predicted molar refractivity (Wildman–Crippen MR) is 159 cm³/mol. The van der Waals surface area contributed by atoms with E-state index in [4.69, 9.17) is 14.1 Å². The summed E-state index contributed by atoms with van der Waals surface area (Å²) in [5, 5.41) is 21.0. The molecule has 1 atom stereocenters. The fourth-order valence-corrected chi connectivity index (χ4v) is 5.23. The molecule has 5 rings (SSSR count). The molecule has 0 bridgehead atoms. The van der Waals surface area contributed by atoms with Crippen LogP contribution in [-0.4, -0.2) is 38.5 Å². The van der Waals surface area contributed by atoms with Crippen LogP contribution in [0.4, 0.5) is 4.79 Å². The van der Waals surface area contributed by atoms with Crippen molar-refractivity contribution in [3.63, 3.8) is 0 Å². The number of carboxylic acid groups (broad SMARTS) is 1. The molecule has 39 heavy (non-hydrogen) atoms. The molecule has 8 nitrogen and oxygen atoms in total. The highest BCUT2D eigenvalue weighted by Crippen LogP contribution is 2.37. The van der Waals surface area contributed by atoms with Crippen molar-refractivity contribution in [3.05, 3.63) is 88.7 Å². The van der Waals surface area contributed by atoms with E-state index in [-0.39, 0.29) is 6.61 Å². The number of aromatic amines is 1.